The maximum atomic E-state index is 8.55. The van der Waals surface area contributed by atoms with Crippen molar-refractivity contribution in [1.29, 1.82) is 0 Å². The molecule has 0 aromatic heterocycles. The Morgan fingerprint density at radius 3 is 1.82 bits per heavy atom. The van der Waals surface area contributed by atoms with Crippen molar-refractivity contribution in [3.63, 3.8) is 0 Å². The van der Waals surface area contributed by atoms with E-state index in [-0.39, 0.29) is 94.1 Å². The van der Waals surface area contributed by atoms with Crippen LogP contribution in [0.1, 0.15) is 58.1 Å². The minimum atomic E-state index is -5.39. The first kappa shape index (κ1) is 32.0. The molecule has 0 aliphatic carbocycles. The van der Waals surface area contributed by atoms with Crippen LogP contribution in [0, 0.1) is 0 Å². The maximum absolute atomic E-state index is 8.55. The van der Waals surface area contributed by atoms with Crippen LogP contribution in [0.2, 0.25) is 0 Å². The summed E-state index contributed by atoms with van der Waals surface area (Å²) in [7, 11) is -5.39. The van der Waals surface area contributed by atoms with E-state index < -0.39 is 7.82 Å². The van der Waals surface area contributed by atoms with Crippen LogP contribution >= 0.6 is 7.82 Å². The second-order valence-electron chi connectivity index (χ2n) is 5.63. The van der Waals surface area contributed by atoms with Crippen molar-refractivity contribution in [3.8, 4) is 0 Å². The number of benzene rings is 1. The van der Waals surface area contributed by atoms with Gasteiger partial charge in [0.05, 0.1) is 0 Å². The van der Waals surface area contributed by atoms with E-state index in [4.69, 9.17) is 19.2 Å². The van der Waals surface area contributed by atoms with Gasteiger partial charge in [0.2, 0.25) is 0 Å². The largest absolute Gasteiger partial charge is 1.00 e. The Morgan fingerprint density at radius 1 is 1.09 bits per heavy atom. The van der Waals surface area contributed by atoms with Gasteiger partial charge in [-0.3, -0.25) is 0 Å². The molecule has 1 aromatic carbocycles. The Balaban J connectivity index is -0.000000179. The van der Waals surface area contributed by atoms with Crippen LogP contribution < -0.4 is 103 Å². The van der Waals surface area contributed by atoms with Gasteiger partial charge in [-0.25, -0.2) is 0 Å². The van der Waals surface area contributed by atoms with Crippen molar-refractivity contribution < 1.29 is 108 Å². The first-order chi connectivity index (χ1) is 8.45. The third-order valence-electron chi connectivity index (χ3n) is 2.93. The average molecular weight is 354 g/mol. The molecule has 1 atom stereocenters. The minimum absolute atomic E-state index is 0. The second-order valence-corrected chi connectivity index (χ2v) is 6.53. The molecule has 8 heteroatoms. The van der Waals surface area contributed by atoms with E-state index in [1.807, 2.05) is 0 Å². The number of hydrogen-bond donors (Lipinski definition) is 0. The van der Waals surface area contributed by atoms with Gasteiger partial charge in [-0.05, 0) is 28.9 Å². The molecule has 4 nitrogen and oxygen atoms in total. The molecule has 0 aliphatic heterocycles. The van der Waals surface area contributed by atoms with Gasteiger partial charge in [0.1, 0.15) is 0 Å². The van der Waals surface area contributed by atoms with Crippen LogP contribution in [0.5, 0.6) is 0 Å². The maximum Gasteiger partial charge on any atom is 1.00 e. The van der Waals surface area contributed by atoms with E-state index >= 15 is 0 Å². The van der Waals surface area contributed by atoms with Gasteiger partial charge in [0, 0.05) is 0 Å². The standard InChI is InChI=1S/C14H22.3Na.H3O4P/c1-6-11(2)12-8-7-9-13(10-12)14(3,4)5;;;;1-5(2,3)4/h7-11H,6H2,1-5H3;;;;(H3,1,2,3,4)/q;3*+1;/p-3. The summed E-state index contributed by atoms with van der Waals surface area (Å²) in [5.41, 5.74) is 3.18. The van der Waals surface area contributed by atoms with E-state index in [0.717, 1.165) is 0 Å². The Bertz CT molecular complexity index is 436. The third kappa shape index (κ3) is 17.2. The first-order valence-electron chi connectivity index (χ1n) is 6.28. The molecule has 0 heterocycles. The zero-order chi connectivity index (χ0) is 15.3. The van der Waals surface area contributed by atoms with E-state index in [1.54, 1.807) is 0 Å². The Labute approximate surface area is 201 Å². The summed E-state index contributed by atoms with van der Waals surface area (Å²) in [5, 5.41) is 0. The van der Waals surface area contributed by atoms with E-state index in [2.05, 4.69) is 58.9 Å². The topological polar surface area (TPSA) is 86.2 Å². The fourth-order valence-electron chi connectivity index (χ4n) is 1.55. The molecule has 0 N–H and O–H groups in total. The van der Waals surface area contributed by atoms with E-state index in [0.29, 0.717) is 5.92 Å². The van der Waals surface area contributed by atoms with Crippen molar-refractivity contribution in [2.24, 2.45) is 0 Å². The van der Waals surface area contributed by atoms with Crippen LogP contribution in [-0.4, -0.2) is 0 Å². The fourth-order valence-corrected chi connectivity index (χ4v) is 1.55. The molecule has 0 amide bonds. The Morgan fingerprint density at radius 2 is 1.50 bits per heavy atom. The van der Waals surface area contributed by atoms with Crippen LogP contribution in [0.15, 0.2) is 24.3 Å². The second kappa shape index (κ2) is 14.5. The molecule has 0 saturated carbocycles. The van der Waals surface area contributed by atoms with Crippen LogP contribution in [0.3, 0.4) is 0 Å². The summed E-state index contributed by atoms with van der Waals surface area (Å²) >= 11 is 0. The quantitative estimate of drug-likeness (QED) is 0.390. The molecule has 0 bridgehead atoms. The predicted molar refractivity (Wildman–Crippen MR) is 71.5 cm³/mol. The number of rotatable bonds is 2. The van der Waals surface area contributed by atoms with Gasteiger partial charge in [-0.15, -0.1) is 0 Å². The smallest absolute Gasteiger partial charge is 0.822 e. The molecule has 110 valence electrons. The SMILES string of the molecule is CCC(C)c1cccc(C(C)(C)C)c1.O=P([O-])([O-])[O-].[Na+].[Na+].[Na+]. The minimum Gasteiger partial charge on any atom is -0.822 e. The van der Waals surface area contributed by atoms with Crippen molar-refractivity contribution in [3.05, 3.63) is 35.4 Å². The Kier molecular flexibility index (Phi) is 21.1. The molecule has 1 rings (SSSR count). The fraction of sp³-hybridized carbons (Fsp3) is 0.571. The van der Waals surface area contributed by atoms with Gasteiger partial charge in [-0.2, -0.15) is 7.82 Å². The summed E-state index contributed by atoms with van der Waals surface area (Å²) in [5.74, 6) is 0.678. The summed E-state index contributed by atoms with van der Waals surface area (Å²) in [6.07, 6.45) is 1.22. The van der Waals surface area contributed by atoms with Crippen LogP contribution in [0.25, 0.3) is 0 Å². The molecule has 1 aromatic rings. The molecule has 0 radical (unpaired) electrons. The summed E-state index contributed by atoms with van der Waals surface area (Å²) < 4.78 is 8.55. The van der Waals surface area contributed by atoms with Gasteiger partial charge in [-0.1, -0.05) is 58.9 Å². The van der Waals surface area contributed by atoms with Gasteiger partial charge >= 0.3 is 88.7 Å². The van der Waals surface area contributed by atoms with E-state index in [9.17, 15) is 0 Å². The van der Waals surface area contributed by atoms with Crippen LogP contribution in [0.4, 0.5) is 0 Å². The van der Waals surface area contributed by atoms with Gasteiger partial charge in [0.15, 0.2) is 0 Å². The van der Waals surface area contributed by atoms with Crippen molar-refractivity contribution in [1.82, 2.24) is 0 Å². The molecular weight excluding hydrogens is 332 g/mol. The molecule has 0 saturated heterocycles. The molecule has 0 spiro atoms. The summed E-state index contributed by atoms with van der Waals surface area (Å²) in [6.45, 7) is 11.3. The van der Waals surface area contributed by atoms with Crippen LogP contribution in [-0.2, 0) is 9.98 Å². The average Bonchev–Trinajstić information content (AvgIpc) is 2.25. The van der Waals surface area contributed by atoms with E-state index in [1.165, 1.54) is 17.5 Å². The van der Waals surface area contributed by atoms with Crippen molar-refractivity contribution >= 4 is 7.82 Å². The zero-order valence-electron chi connectivity index (χ0n) is 15.2. The molecule has 22 heavy (non-hydrogen) atoms. The number of hydrogen-bond acceptors (Lipinski definition) is 4. The molecule has 0 aliphatic rings. The normalized spacial score (nSPS) is 11.6. The third-order valence-corrected chi connectivity index (χ3v) is 2.93. The summed E-state index contributed by atoms with van der Waals surface area (Å²) in [6, 6.07) is 9.01. The van der Waals surface area contributed by atoms with Crippen molar-refractivity contribution in [2.75, 3.05) is 0 Å². The summed E-state index contributed by atoms with van der Waals surface area (Å²) in [4.78, 5) is 25.6. The van der Waals surface area contributed by atoms with Gasteiger partial charge < -0.3 is 19.2 Å². The Hall–Kier alpha value is 2.33. The monoisotopic (exact) mass is 354 g/mol. The molecular formula is C14H22Na3O4P. The molecule has 0 fully saturated rings. The predicted octanol–water partition coefficient (Wildman–Crippen LogP) is -7.32. The molecule has 1 unspecified atom stereocenters. The number of phosphoric acid groups is 1. The van der Waals surface area contributed by atoms with Gasteiger partial charge in [0.25, 0.3) is 0 Å². The zero-order valence-corrected chi connectivity index (χ0v) is 22.1. The van der Waals surface area contributed by atoms with Crippen molar-refractivity contribution in [2.45, 2.75) is 52.4 Å². The first-order valence-corrected chi connectivity index (χ1v) is 7.74.